The van der Waals surface area contributed by atoms with Crippen LogP contribution in [0.2, 0.25) is 0 Å². The first kappa shape index (κ1) is 12.6. The molecule has 0 amide bonds. The summed E-state index contributed by atoms with van der Waals surface area (Å²) in [5, 5.41) is 2.15. The van der Waals surface area contributed by atoms with Gasteiger partial charge in [0.05, 0.1) is 0 Å². The average Bonchev–Trinajstić information content (AvgIpc) is 2.49. The third-order valence-electron chi connectivity index (χ3n) is 3.83. The highest BCUT2D eigenvalue weighted by atomic mass is 16.1. The van der Waals surface area contributed by atoms with E-state index in [1.54, 1.807) is 0 Å². The first-order chi connectivity index (χ1) is 9.68. The molecular weight excluding hydrogens is 244 g/mol. The number of carbonyl (C=O) groups is 1. The molecule has 0 atom stereocenters. The Morgan fingerprint density at radius 3 is 2.25 bits per heavy atom. The maximum atomic E-state index is 12.8. The monoisotopic (exact) mass is 260 g/mol. The number of fused-ring (bicyclic) bond motifs is 1. The van der Waals surface area contributed by atoms with Crippen molar-refractivity contribution in [3.05, 3.63) is 82.9 Å². The maximum absolute atomic E-state index is 12.8. The molecule has 0 aliphatic rings. The Labute approximate surface area is 118 Å². The summed E-state index contributed by atoms with van der Waals surface area (Å²) in [5.41, 5.74) is 3.79. The molecule has 1 heteroatoms. The zero-order valence-electron chi connectivity index (χ0n) is 11.7. The van der Waals surface area contributed by atoms with Crippen LogP contribution in [0.3, 0.4) is 0 Å². The Balaban J connectivity index is 2.30. The Morgan fingerprint density at radius 1 is 0.850 bits per heavy atom. The predicted molar refractivity (Wildman–Crippen MR) is 83.3 cm³/mol. The lowest BCUT2D eigenvalue weighted by Gasteiger charge is -2.12. The van der Waals surface area contributed by atoms with Gasteiger partial charge in [-0.05, 0) is 35.7 Å². The molecule has 0 saturated heterocycles. The molecule has 0 heterocycles. The molecule has 0 aliphatic carbocycles. The van der Waals surface area contributed by atoms with Gasteiger partial charge in [0.15, 0.2) is 5.78 Å². The molecule has 98 valence electrons. The fraction of sp³-hybridized carbons (Fsp3) is 0.105. The van der Waals surface area contributed by atoms with Crippen LogP contribution < -0.4 is 0 Å². The van der Waals surface area contributed by atoms with Crippen LogP contribution in [0, 0.1) is 13.8 Å². The van der Waals surface area contributed by atoms with E-state index in [0.717, 1.165) is 33.0 Å². The first-order valence-corrected chi connectivity index (χ1v) is 6.77. The van der Waals surface area contributed by atoms with Crippen molar-refractivity contribution >= 4 is 16.6 Å². The van der Waals surface area contributed by atoms with Gasteiger partial charge in [0.2, 0.25) is 0 Å². The van der Waals surface area contributed by atoms with Gasteiger partial charge in [0.1, 0.15) is 0 Å². The fourth-order valence-corrected chi connectivity index (χ4v) is 2.62. The minimum Gasteiger partial charge on any atom is -0.289 e. The van der Waals surface area contributed by atoms with Crippen LogP contribution >= 0.6 is 0 Å². The summed E-state index contributed by atoms with van der Waals surface area (Å²) in [6.07, 6.45) is 0. The van der Waals surface area contributed by atoms with E-state index in [1.165, 1.54) is 0 Å². The highest BCUT2D eigenvalue weighted by molar-refractivity contribution is 6.17. The van der Waals surface area contributed by atoms with Crippen LogP contribution in [0.4, 0.5) is 0 Å². The molecule has 0 N–H and O–H groups in total. The van der Waals surface area contributed by atoms with E-state index in [0.29, 0.717) is 0 Å². The van der Waals surface area contributed by atoms with Crippen molar-refractivity contribution < 1.29 is 4.79 Å². The summed E-state index contributed by atoms with van der Waals surface area (Å²) in [4.78, 5) is 12.8. The lowest BCUT2D eigenvalue weighted by Crippen LogP contribution is -2.06. The van der Waals surface area contributed by atoms with Crippen LogP contribution in [0.15, 0.2) is 60.7 Å². The fourth-order valence-electron chi connectivity index (χ4n) is 2.62. The molecule has 0 aromatic heterocycles. The second kappa shape index (κ2) is 4.93. The number of aryl methyl sites for hydroxylation is 1. The molecule has 0 radical (unpaired) electrons. The van der Waals surface area contributed by atoms with E-state index in [-0.39, 0.29) is 5.78 Å². The molecule has 1 nitrogen and oxygen atoms in total. The summed E-state index contributed by atoms with van der Waals surface area (Å²) in [5.74, 6) is 0.100. The summed E-state index contributed by atoms with van der Waals surface area (Å²) in [6, 6.07) is 19.7. The van der Waals surface area contributed by atoms with Crippen LogP contribution in [0.5, 0.6) is 0 Å². The van der Waals surface area contributed by atoms with Crippen LogP contribution in [-0.2, 0) is 0 Å². The van der Waals surface area contributed by atoms with Gasteiger partial charge < -0.3 is 0 Å². The normalized spacial score (nSPS) is 10.7. The SMILES string of the molecule is Cc1cc2ccccc2c(C(=O)c2ccccc2)c1C. The second-order valence-electron chi connectivity index (χ2n) is 5.11. The Morgan fingerprint density at radius 2 is 1.50 bits per heavy atom. The van der Waals surface area contributed by atoms with Gasteiger partial charge in [-0.15, -0.1) is 0 Å². The molecule has 0 unspecified atom stereocenters. The second-order valence-corrected chi connectivity index (χ2v) is 5.11. The van der Waals surface area contributed by atoms with Crippen molar-refractivity contribution in [2.45, 2.75) is 13.8 Å². The number of rotatable bonds is 2. The van der Waals surface area contributed by atoms with E-state index in [2.05, 4.69) is 19.1 Å². The summed E-state index contributed by atoms with van der Waals surface area (Å²) >= 11 is 0. The Bertz CT molecular complexity index is 785. The summed E-state index contributed by atoms with van der Waals surface area (Å²) in [6.45, 7) is 4.08. The minimum absolute atomic E-state index is 0.100. The smallest absolute Gasteiger partial charge is 0.193 e. The highest BCUT2D eigenvalue weighted by Gasteiger charge is 2.16. The largest absolute Gasteiger partial charge is 0.289 e. The van der Waals surface area contributed by atoms with Gasteiger partial charge in [-0.2, -0.15) is 0 Å². The van der Waals surface area contributed by atoms with Crippen molar-refractivity contribution in [3.8, 4) is 0 Å². The molecular formula is C19H16O. The maximum Gasteiger partial charge on any atom is 0.193 e. The third kappa shape index (κ3) is 2.01. The standard InChI is InChI=1S/C19H16O/c1-13-12-16-10-6-7-11-17(16)18(14(13)2)19(20)15-8-4-3-5-9-15/h3-12H,1-2H3. The van der Waals surface area contributed by atoms with Crippen molar-refractivity contribution in [1.82, 2.24) is 0 Å². The predicted octanol–water partition coefficient (Wildman–Crippen LogP) is 4.69. The van der Waals surface area contributed by atoms with E-state index in [1.807, 2.05) is 55.5 Å². The van der Waals surface area contributed by atoms with Crippen molar-refractivity contribution in [1.29, 1.82) is 0 Å². The highest BCUT2D eigenvalue weighted by Crippen LogP contribution is 2.27. The average molecular weight is 260 g/mol. The number of benzene rings is 3. The van der Waals surface area contributed by atoms with Gasteiger partial charge in [-0.1, -0.05) is 60.7 Å². The van der Waals surface area contributed by atoms with Gasteiger partial charge in [-0.25, -0.2) is 0 Å². The first-order valence-electron chi connectivity index (χ1n) is 6.77. The van der Waals surface area contributed by atoms with E-state index >= 15 is 0 Å². The zero-order valence-corrected chi connectivity index (χ0v) is 11.7. The quantitative estimate of drug-likeness (QED) is 0.611. The molecule has 20 heavy (non-hydrogen) atoms. The third-order valence-corrected chi connectivity index (χ3v) is 3.83. The van der Waals surface area contributed by atoms with Crippen molar-refractivity contribution in [3.63, 3.8) is 0 Å². The summed E-state index contributed by atoms with van der Waals surface area (Å²) < 4.78 is 0. The van der Waals surface area contributed by atoms with E-state index < -0.39 is 0 Å². The molecule has 0 bridgehead atoms. The van der Waals surface area contributed by atoms with Crippen molar-refractivity contribution in [2.75, 3.05) is 0 Å². The topological polar surface area (TPSA) is 17.1 Å². The lowest BCUT2D eigenvalue weighted by molar-refractivity contribution is 0.103. The zero-order chi connectivity index (χ0) is 14.1. The Kier molecular flexibility index (Phi) is 3.11. The van der Waals surface area contributed by atoms with Gasteiger partial charge in [-0.3, -0.25) is 4.79 Å². The van der Waals surface area contributed by atoms with Gasteiger partial charge in [0, 0.05) is 11.1 Å². The number of carbonyl (C=O) groups excluding carboxylic acids is 1. The minimum atomic E-state index is 0.100. The van der Waals surface area contributed by atoms with E-state index in [9.17, 15) is 4.79 Å². The van der Waals surface area contributed by atoms with Crippen LogP contribution in [-0.4, -0.2) is 5.78 Å². The number of hydrogen-bond acceptors (Lipinski definition) is 1. The van der Waals surface area contributed by atoms with Crippen LogP contribution in [0.25, 0.3) is 10.8 Å². The molecule has 3 rings (SSSR count). The van der Waals surface area contributed by atoms with E-state index in [4.69, 9.17) is 0 Å². The molecule has 0 aliphatic heterocycles. The van der Waals surface area contributed by atoms with Gasteiger partial charge in [0.25, 0.3) is 0 Å². The molecule has 0 fully saturated rings. The number of hydrogen-bond donors (Lipinski definition) is 0. The lowest BCUT2D eigenvalue weighted by atomic mass is 9.90. The number of ketones is 1. The van der Waals surface area contributed by atoms with Crippen LogP contribution in [0.1, 0.15) is 27.0 Å². The molecule has 3 aromatic rings. The van der Waals surface area contributed by atoms with Crippen molar-refractivity contribution in [2.24, 2.45) is 0 Å². The molecule has 3 aromatic carbocycles. The summed E-state index contributed by atoms with van der Waals surface area (Å²) in [7, 11) is 0. The van der Waals surface area contributed by atoms with Gasteiger partial charge >= 0.3 is 0 Å². The molecule has 0 spiro atoms. The Hall–Kier alpha value is -2.41. The molecule has 0 saturated carbocycles.